The third-order valence-electron chi connectivity index (χ3n) is 3.54. The van der Waals surface area contributed by atoms with Crippen LogP contribution < -0.4 is 4.74 Å². The van der Waals surface area contributed by atoms with Crippen LogP contribution in [-0.4, -0.2) is 18.8 Å². The van der Waals surface area contributed by atoms with Crippen LogP contribution >= 0.6 is 0 Å². The van der Waals surface area contributed by atoms with Crippen LogP contribution in [0, 0.1) is 0 Å². The van der Waals surface area contributed by atoms with E-state index in [0.29, 0.717) is 23.5 Å². The van der Waals surface area contributed by atoms with Gasteiger partial charge in [0.1, 0.15) is 24.5 Å². The highest BCUT2D eigenvalue weighted by Crippen LogP contribution is 2.45. The molecular weight excluding hydrogens is 294 g/mol. The molecule has 1 aliphatic carbocycles. The monoisotopic (exact) mass is 308 g/mol. The molecule has 0 saturated heterocycles. The Balaban J connectivity index is 2.04. The number of ether oxygens (including phenoxy) is 1. The zero-order chi connectivity index (χ0) is 15.7. The van der Waals surface area contributed by atoms with Gasteiger partial charge in [-0.3, -0.25) is 0 Å². The van der Waals surface area contributed by atoms with Gasteiger partial charge >= 0.3 is 6.36 Å². The van der Waals surface area contributed by atoms with Crippen molar-refractivity contribution in [3.63, 3.8) is 0 Å². The zero-order valence-electron chi connectivity index (χ0n) is 12.0. The summed E-state index contributed by atoms with van der Waals surface area (Å²) in [5.74, 6) is 0.866. The van der Waals surface area contributed by atoms with E-state index in [1.54, 1.807) is 12.1 Å². The van der Waals surface area contributed by atoms with Crippen molar-refractivity contribution in [1.29, 1.82) is 0 Å². The van der Waals surface area contributed by atoms with Crippen molar-refractivity contribution in [2.24, 2.45) is 0 Å². The smallest absolute Gasteiger partial charge is 0.405 e. The Kier molecular flexibility index (Phi) is 3.89. The summed E-state index contributed by atoms with van der Waals surface area (Å²) in [6, 6.07) is 6.00. The minimum atomic E-state index is -4.74. The number of aromatic nitrogens is 1. The summed E-state index contributed by atoms with van der Waals surface area (Å²) in [5.41, 5.74) is 1.58. The molecule has 0 aliphatic heterocycles. The van der Waals surface area contributed by atoms with Crippen molar-refractivity contribution in [2.75, 3.05) is 0 Å². The fourth-order valence-electron chi connectivity index (χ4n) is 2.48. The molecule has 7 heteroatoms. The van der Waals surface area contributed by atoms with Crippen molar-refractivity contribution in [2.45, 2.75) is 38.3 Å². The lowest BCUT2D eigenvalue weighted by Gasteiger charge is -2.12. The topological polar surface area (TPSA) is 35.3 Å². The molecule has 0 unspecified atom stereocenters. The van der Waals surface area contributed by atoms with E-state index in [1.165, 1.54) is 12.1 Å². The molecule has 1 radical (unpaired) electrons. The van der Waals surface area contributed by atoms with Crippen molar-refractivity contribution in [3.8, 4) is 17.0 Å². The predicted octanol–water partition coefficient (Wildman–Crippen LogP) is 4.37. The molecule has 1 aromatic carbocycles. The molecule has 2 aromatic rings. The average molecular weight is 308 g/mol. The maximum absolute atomic E-state index is 12.6. The number of rotatable bonds is 5. The molecule has 3 nitrogen and oxygen atoms in total. The molecule has 0 atom stereocenters. The van der Waals surface area contributed by atoms with Crippen LogP contribution in [-0.2, 0) is 6.32 Å². The summed E-state index contributed by atoms with van der Waals surface area (Å²) >= 11 is 0. The van der Waals surface area contributed by atoms with E-state index in [2.05, 4.69) is 9.89 Å². The molecule has 0 N–H and O–H groups in total. The number of hydrogen-bond donors (Lipinski definition) is 0. The normalized spacial score (nSPS) is 14.9. The zero-order valence-corrected chi connectivity index (χ0v) is 12.0. The highest BCUT2D eigenvalue weighted by atomic mass is 19.4. The minimum absolute atomic E-state index is 0.261. The van der Waals surface area contributed by atoms with Gasteiger partial charge in [-0.1, -0.05) is 30.4 Å². The Labute approximate surface area is 126 Å². The molecule has 1 heterocycles. The van der Waals surface area contributed by atoms with E-state index in [1.807, 2.05) is 14.1 Å². The second-order valence-corrected chi connectivity index (χ2v) is 5.30. The third-order valence-corrected chi connectivity index (χ3v) is 3.54. The molecule has 3 rings (SSSR count). The van der Waals surface area contributed by atoms with Crippen LogP contribution in [0.5, 0.6) is 5.75 Å². The largest absolute Gasteiger partial charge is 0.573 e. The molecule has 1 fully saturated rings. The fraction of sp³-hybridized carbons (Fsp3) is 0.400. The Morgan fingerprint density at radius 3 is 2.68 bits per heavy atom. The number of benzene rings is 1. The summed E-state index contributed by atoms with van der Waals surface area (Å²) in [6.45, 7) is 1.89. The van der Waals surface area contributed by atoms with Crippen LogP contribution in [0.3, 0.4) is 0 Å². The van der Waals surface area contributed by atoms with Gasteiger partial charge in [-0.15, -0.1) is 13.2 Å². The number of nitrogens with zero attached hydrogens (tertiary/aromatic N) is 1. The minimum Gasteiger partial charge on any atom is -0.405 e. The van der Waals surface area contributed by atoms with Crippen LogP contribution in [0.15, 0.2) is 28.8 Å². The van der Waals surface area contributed by atoms with Gasteiger partial charge in [0.05, 0.1) is 0 Å². The number of alkyl halides is 3. The molecule has 1 saturated carbocycles. The van der Waals surface area contributed by atoms with Crippen LogP contribution in [0.1, 0.15) is 30.1 Å². The van der Waals surface area contributed by atoms with E-state index in [0.717, 1.165) is 24.2 Å². The fourth-order valence-corrected chi connectivity index (χ4v) is 2.48. The van der Waals surface area contributed by atoms with Crippen LogP contribution in [0.25, 0.3) is 11.3 Å². The van der Waals surface area contributed by atoms with Crippen LogP contribution in [0.2, 0.25) is 6.82 Å². The Morgan fingerprint density at radius 2 is 2.05 bits per heavy atom. The number of halogens is 3. The van der Waals surface area contributed by atoms with Gasteiger partial charge in [0.25, 0.3) is 0 Å². The first-order valence-corrected chi connectivity index (χ1v) is 7.11. The van der Waals surface area contributed by atoms with Crippen LogP contribution in [0.4, 0.5) is 13.2 Å². The second-order valence-electron chi connectivity index (χ2n) is 5.30. The lowest BCUT2D eigenvalue weighted by Crippen LogP contribution is -2.17. The van der Waals surface area contributed by atoms with Crippen molar-refractivity contribution >= 4 is 7.28 Å². The Morgan fingerprint density at radius 1 is 1.32 bits per heavy atom. The average Bonchev–Trinajstić information content (AvgIpc) is 3.20. The summed E-state index contributed by atoms with van der Waals surface area (Å²) in [7, 11) is 1.94. The molecule has 0 amide bonds. The third kappa shape index (κ3) is 3.13. The summed E-state index contributed by atoms with van der Waals surface area (Å²) in [5, 5.41) is 4.01. The quantitative estimate of drug-likeness (QED) is 0.769. The molecular formula is C15H14BF3NO2. The SMILES string of the molecule is C[B]Cc1c(-c2ccccc2OC(F)(F)F)noc1C1CC1. The standard InChI is InChI=1S/C15H14BF3NO2/c1-16-8-11-13(20-22-14(11)9-6-7-9)10-4-2-3-5-12(10)21-15(17,18)19/h2-5,9H,6-8H2,1H3. The van der Waals surface area contributed by atoms with E-state index in [-0.39, 0.29) is 5.75 Å². The van der Waals surface area contributed by atoms with E-state index in [9.17, 15) is 13.2 Å². The maximum atomic E-state index is 12.6. The van der Waals surface area contributed by atoms with Crippen molar-refractivity contribution in [3.05, 3.63) is 35.6 Å². The molecule has 0 spiro atoms. The van der Waals surface area contributed by atoms with E-state index < -0.39 is 6.36 Å². The summed E-state index contributed by atoms with van der Waals surface area (Å²) < 4.78 is 47.2. The Hall–Kier alpha value is -1.92. The summed E-state index contributed by atoms with van der Waals surface area (Å²) in [4.78, 5) is 0. The van der Waals surface area contributed by atoms with E-state index in [4.69, 9.17) is 4.52 Å². The van der Waals surface area contributed by atoms with Gasteiger partial charge in [0.2, 0.25) is 0 Å². The summed E-state index contributed by atoms with van der Waals surface area (Å²) in [6.07, 6.45) is -2.07. The molecule has 1 aromatic heterocycles. The van der Waals surface area contributed by atoms with Crippen molar-refractivity contribution < 1.29 is 22.4 Å². The first kappa shape index (κ1) is 15.0. The van der Waals surface area contributed by atoms with Crippen molar-refractivity contribution in [1.82, 2.24) is 5.16 Å². The highest BCUT2D eigenvalue weighted by Gasteiger charge is 2.35. The lowest BCUT2D eigenvalue weighted by atomic mass is 9.74. The molecule has 1 aliphatic rings. The highest BCUT2D eigenvalue weighted by molar-refractivity contribution is 6.33. The first-order valence-electron chi connectivity index (χ1n) is 7.11. The van der Waals surface area contributed by atoms with Gasteiger partial charge in [0.15, 0.2) is 0 Å². The number of hydrogen-bond acceptors (Lipinski definition) is 3. The van der Waals surface area contributed by atoms with Gasteiger partial charge in [-0.2, -0.15) is 0 Å². The van der Waals surface area contributed by atoms with Gasteiger partial charge in [0, 0.05) is 17.0 Å². The maximum Gasteiger partial charge on any atom is 0.573 e. The number of para-hydroxylation sites is 1. The second kappa shape index (κ2) is 5.70. The Bertz CT molecular complexity index is 665. The molecule has 115 valence electrons. The van der Waals surface area contributed by atoms with E-state index >= 15 is 0 Å². The molecule has 0 bridgehead atoms. The molecule has 22 heavy (non-hydrogen) atoms. The van der Waals surface area contributed by atoms with Gasteiger partial charge in [-0.25, -0.2) is 0 Å². The lowest BCUT2D eigenvalue weighted by molar-refractivity contribution is -0.274. The first-order chi connectivity index (χ1) is 10.5. The van der Waals surface area contributed by atoms with Gasteiger partial charge in [-0.05, 0) is 25.0 Å². The predicted molar refractivity (Wildman–Crippen MR) is 75.9 cm³/mol. The van der Waals surface area contributed by atoms with Gasteiger partial charge < -0.3 is 9.26 Å².